The van der Waals surface area contributed by atoms with Gasteiger partial charge in [0.15, 0.2) is 5.11 Å². The number of rotatable bonds is 5. The van der Waals surface area contributed by atoms with Crippen molar-refractivity contribution in [1.29, 1.82) is 0 Å². The van der Waals surface area contributed by atoms with Crippen LogP contribution < -0.4 is 15.4 Å². The molecule has 1 aromatic heterocycles. The van der Waals surface area contributed by atoms with Gasteiger partial charge in [-0.25, -0.2) is 9.78 Å². The molecule has 0 spiro atoms. The molecule has 2 heterocycles. The van der Waals surface area contributed by atoms with Crippen LogP contribution in [0.4, 0.5) is 5.69 Å². The van der Waals surface area contributed by atoms with Crippen LogP contribution in [0.25, 0.3) is 0 Å². The average molecular weight is 443 g/mol. The molecule has 1 unspecified atom stereocenters. The molecule has 1 saturated heterocycles. The fraction of sp³-hybridized carbons (Fsp3) is 0.435. The zero-order valence-corrected chi connectivity index (χ0v) is 19.6. The van der Waals surface area contributed by atoms with Gasteiger partial charge in [0.25, 0.3) is 0 Å². The highest BCUT2D eigenvalue weighted by molar-refractivity contribution is 7.80. The number of piperazine rings is 1. The van der Waals surface area contributed by atoms with E-state index in [4.69, 9.17) is 21.7 Å². The van der Waals surface area contributed by atoms with E-state index >= 15 is 0 Å². The van der Waals surface area contributed by atoms with Crippen LogP contribution in [0, 0.1) is 13.8 Å². The quantitative estimate of drug-likeness (QED) is 0.539. The van der Waals surface area contributed by atoms with Crippen molar-refractivity contribution in [2.45, 2.75) is 33.2 Å². The summed E-state index contributed by atoms with van der Waals surface area (Å²) in [6.45, 7) is 8.53. The van der Waals surface area contributed by atoms with Gasteiger partial charge in [-0.05, 0) is 44.1 Å². The molecule has 1 fully saturated rings. The Morgan fingerprint density at radius 2 is 1.97 bits per heavy atom. The van der Waals surface area contributed by atoms with Crippen molar-refractivity contribution in [3.05, 3.63) is 52.2 Å². The van der Waals surface area contributed by atoms with Crippen LogP contribution in [0.5, 0.6) is 5.88 Å². The number of benzene rings is 1. The molecule has 166 valence electrons. The summed E-state index contributed by atoms with van der Waals surface area (Å²) in [7, 11) is 2.91. The third-order valence-electron chi connectivity index (χ3n) is 5.37. The Morgan fingerprint density at radius 1 is 1.26 bits per heavy atom. The van der Waals surface area contributed by atoms with E-state index in [1.807, 2.05) is 6.92 Å². The number of aromatic nitrogens is 1. The standard InChI is InChI=1S/C23H30N4O3S/c1-6-18-17(22(28)30-5)12-19(21(25-18)29-4)26-23(31)27-8-7-24-13-20(27)16-10-14(2)9-15(3)11-16/h9-12,20,24H,6-8,13H2,1-5H3,(H,26,31). The van der Waals surface area contributed by atoms with Crippen LogP contribution in [0.15, 0.2) is 24.3 Å². The van der Waals surface area contributed by atoms with Crippen LogP contribution in [0.3, 0.4) is 0 Å². The number of aryl methyl sites for hydroxylation is 3. The summed E-state index contributed by atoms with van der Waals surface area (Å²) in [5, 5.41) is 7.29. The number of hydrogen-bond donors (Lipinski definition) is 2. The lowest BCUT2D eigenvalue weighted by Crippen LogP contribution is -2.50. The Balaban J connectivity index is 1.92. The van der Waals surface area contributed by atoms with Crippen LogP contribution in [0.2, 0.25) is 0 Å². The number of hydrogen-bond acceptors (Lipinski definition) is 6. The number of carbonyl (C=O) groups excluding carboxylic acids is 1. The van der Waals surface area contributed by atoms with E-state index in [9.17, 15) is 4.79 Å². The largest absolute Gasteiger partial charge is 0.480 e. The van der Waals surface area contributed by atoms with E-state index in [-0.39, 0.29) is 6.04 Å². The van der Waals surface area contributed by atoms with Gasteiger partial charge in [-0.1, -0.05) is 36.2 Å². The minimum Gasteiger partial charge on any atom is -0.480 e. The molecule has 0 radical (unpaired) electrons. The molecular weight excluding hydrogens is 412 g/mol. The Morgan fingerprint density at radius 3 is 2.58 bits per heavy atom. The number of anilines is 1. The van der Waals surface area contributed by atoms with E-state index in [0.29, 0.717) is 34.4 Å². The summed E-state index contributed by atoms with van der Waals surface area (Å²) in [6.07, 6.45) is 0.581. The molecular formula is C23H30N4O3S. The van der Waals surface area contributed by atoms with Gasteiger partial charge in [0.2, 0.25) is 5.88 Å². The van der Waals surface area contributed by atoms with Crippen molar-refractivity contribution in [2.24, 2.45) is 0 Å². The van der Waals surface area contributed by atoms with E-state index in [1.54, 1.807) is 13.2 Å². The number of ether oxygens (including phenoxy) is 2. The lowest BCUT2D eigenvalue weighted by atomic mass is 9.99. The predicted molar refractivity (Wildman–Crippen MR) is 126 cm³/mol. The highest BCUT2D eigenvalue weighted by Gasteiger charge is 2.27. The van der Waals surface area contributed by atoms with Crippen LogP contribution >= 0.6 is 12.2 Å². The summed E-state index contributed by atoms with van der Waals surface area (Å²) >= 11 is 5.79. The van der Waals surface area contributed by atoms with Crippen LogP contribution in [-0.2, 0) is 11.2 Å². The van der Waals surface area contributed by atoms with Gasteiger partial charge < -0.3 is 25.0 Å². The zero-order chi connectivity index (χ0) is 22.5. The number of methoxy groups -OCH3 is 2. The van der Waals surface area contributed by atoms with E-state index in [0.717, 1.165) is 19.6 Å². The lowest BCUT2D eigenvalue weighted by molar-refractivity contribution is 0.0599. The van der Waals surface area contributed by atoms with Crippen LogP contribution in [-0.4, -0.2) is 54.8 Å². The number of nitrogens with one attached hydrogen (secondary N) is 2. The number of carbonyl (C=O) groups is 1. The SMILES string of the molecule is CCc1nc(OC)c(NC(=S)N2CCNCC2c2cc(C)cc(C)c2)cc1C(=O)OC. The molecule has 31 heavy (non-hydrogen) atoms. The van der Waals surface area contributed by atoms with Crippen LogP contribution in [0.1, 0.15) is 45.7 Å². The molecule has 1 aromatic carbocycles. The summed E-state index contributed by atoms with van der Waals surface area (Å²) in [4.78, 5) is 18.9. The summed E-state index contributed by atoms with van der Waals surface area (Å²) in [5.41, 5.74) is 5.24. The lowest BCUT2D eigenvalue weighted by Gasteiger charge is -2.38. The predicted octanol–water partition coefficient (Wildman–Crippen LogP) is 3.40. The molecule has 1 atom stereocenters. The monoisotopic (exact) mass is 442 g/mol. The second kappa shape index (κ2) is 10.1. The van der Waals surface area contributed by atoms with Crippen molar-refractivity contribution < 1.29 is 14.3 Å². The second-order valence-electron chi connectivity index (χ2n) is 7.65. The fourth-order valence-electron chi connectivity index (χ4n) is 3.97. The maximum Gasteiger partial charge on any atom is 0.339 e. The van der Waals surface area contributed by atoms with E-state index < -0.39 is 5.97 Å². The Hall–Kier alpha value is -2.71. The first-order valence-corrected chi connectivity index (χ1v) is 10.8. The van der Waals surface area contributed by atoms with Crippen molar-refractivity contribution in [1.82, 2.24) is 15.2 Å². The highest BCUT2D eigenvalue weighted by Crippen LogP contribution is 2.29. The van der Waals surface area contributed by atoms with Crippen molar-refractivity contribution in [3.63, 3.8) is 0 Å². The summed E-state index contributed by atoms with van der Waals surface area (Å²) in [5.74, 6) is -0.0406. The molecule has 1 aliphatic heterocycles. The molecule has 8 heteroatoms. The summed E-state index contributed by atoms with van der Waals surface area (Å²) in [6, 6.07) is 8.38. The number of esters is 1. The Labute approximate surface area is 189 Å². The maximum atomic E-state index is 12.3. The van der Waals surface area contributed by atoms with Gasteiger partial charge in [0, 0.05) is 19.6 Å². The maximum absolute atomic E-state index is 12.3. The first-order chi connectivity index (χ1) is 14.9. The first-order valence-electron chi connectivity index (χ1n) is 10.4. The molecule has 0 aliphatic carbocycles. The van der Waals surface area contributed by atoms with E-state index in [1.165, 1.54) is 23.8 Å². The average Bonchev–Trinajstić information content (AvgIpc) is 2.77. The second-order valence-corrected chi connectivity index (χ2v) is 8.04. The third kappa shape index (κ3) is 5.14. The van der Waals surface area contributed by atoms with Gasteiger partial charge in [-0.2, -0.15) is 0 Å². The number of pyridine rings is 1. The molecule has 0 bridgehead atoms. The first kappa shape index (κ1) is 23.0. The smallest absolute Gasteiger partial charge is 0.339 e. The fourth-order valence-corrected chi connectivity index (χ4v) is 4.30. The van der Waals surface area contributed by atoms with Gasteiger partial charge in [0.1, 0.15) is 5.69 Å². The van der Waals surface area contributed by atoms with E-state index in [2.05, 4.69) is 52.6 Å². The molecule has 1 aliphatic rings. The molecule has 7 nitrogen and oxygen atoms in total. The van der Waals surface area contributed by atoms with Crippen molar-refractivity contribution >= 4 is 29.0 Å². The highest BCUT2D eigenvalue weighted by atomic mass is 32.1. The molecule has 3 rings (SSSR count). The zero-order valence-electron chi connectivity index (χ0n) is 18.7. The summed E-state index contributed by atoms with van der Waals surface area (Å²) < 4.78 is 10.4. The van der Waals surface area contributed by atoms with Gasteiger partial charge in [-0.15, -0.1) is 0 Å². The Kier molecular flexibility index (Phi) is 7.46. The Bertz CT molecular complexity index is 959. The normalized spacial score (nSPS) is 16.0. The molecule has 0 saturated carbocycles. The minimum absolute atomic E-state index is 0.0984. The number of nitrogens with zero attached hydrogens (tertiary/aromatic N) is 2. The van der Waals surface area contributed by atoms with Crippen molar-refractivity contribution in [3.8, 4) is 5.88 Å². The topological polar surface area (TPSA) is 75.7 Å². The van der Waals surface area contributed by atoms with Gasteiger partial charge >= 0.3 is 5.97 Å². The molecule has 0 amide bonds. The van der Waals surface area contributed by atoms with Gasteiger partial charge in [-0.3, -0.25) is 0 Å². The number of thiocarbonyl (C=S) groups is 1. The third-order valence-corrected chi connectivity index (χ3v) is 5.71. The van der Waals surface area contributed by atoms with Crippen molar-refractivity contribution in [2.75, 3.05) is 39.2 Å². The molecule has 2 N–H and O–H groups in total. The molecule has 2 aromatic rings. The van der Waals surface area contributed by atoms with Gasteiger partial charge in [0.05, 0.1) is 31.5 Å². The minimum atomic E-state index is -0.434.